The number of hydrogen-bond acceptors (Lipinski definition) is 3. The molecule has 0 saturated carbocycles. The van der Waals surface area contributed by atoms with Crippen molar-refractivity contribution in [1.29, 1.82) is 0 Å². The number of likely N-dealkylation sites (tertiary alicyclic amines) is 1. The molecule has 2 heterocycles. The molecule has 1 aliphatic rings. The molecular formula is C15H24N2O2. The summed E-state index contributed by atoms with van der Waals surface area (Å²) >= 11 is 0. The number of furan rings is 1. The smallest absolute Gasteiger partial charge is 0.289 e. The van der Waals surface area contributed by atoms with Gasteiger partial charge in [-0.25, -0.2) is 0 Å². The van der Waals surface area contributed by atoms with Gasteiger partial charge in [-0.15, -0.1) is 0 Å². The molecule has 0 spiro atoms. The summed E-state index contributed by atoms with van der Waals surface area (Å²) in [5.74, 6) is 2.03. The summed E-state index contributed by atoms with van der Waals surface area (Å²) in [6.07, 6.45) is 3.11. The molecule has 0 radical (unpaired) electrons. The van der Waals surface area contributed by atoms with Crippen molar-refractivity contribution in [3.05, 3.63) is 23.2 Å². The van der Waals surface area contributed by atoms with Gasteiger partial charge in [-0.1, -0.05) is 6.92 Å². The number of hydrogen-bond donors (Lipinski definition) is 1. The van der Waals surface area contributed by atoms with E-state index in [0.29, 0.717) is 11.7 Å². The average Bonchev–Trinajstić information content (AvgIpc) is 2.80. The molecule has 1 atom stereocenters. The molecule has 1 N–H and O–H groups in total. The van der Waals surface area contributed by atoms with Gasteiger partial charge >= 0.3 is 0 Å². The van der Waals surface area contributed by atoms with E-state index in [1.165, 1.54) is 6.42 Å². The third-order valence-electron chi connectivity index (χ3n) is 3.85. The molecule has 1 aromatic rings. The van der Waals surface area contributed by atoms with Gasteiger partial charge in [0.15, 0.2) is 5.76 Å². The number of nitrogens with zero attached hydrogens (tertiary/aromatic N) is 1. The van der Waals surface area contributed by atoms with Gasteiger partial charge in [-0.05, 0) is 50.9 Å². The van der Waals surface area contributed by atoms with Crippen LogP contribution in [0.1, 0.15) is 41.6 Å². The highest BCUT2D eigenvalue weighted by atomic mass is 16.4. The second-order valence-corrected chi connectivity index (χ2v) is 5.39. The fraction of sp³-hybridized carbons (Fsp3) is 0.667. The number of piperidine rings is 1. The molecule has 1 aliphatic heterocycles. The van der Waals surface area contributed by atoms with E-state index < -0.39 is 0 Å². The van der Waals surface area contributed by atoms with Crippen LogP contribution in [-0.4, -0.2) is 37.5 Å². The Morgan fingerprint density at radius 2 is 2.37 bits per heavy atom. The Hall–Kier alpha value is -1.29. The van der Waals surface area contributed by atoms with E-state index in [2.05, 4.69) is 5.32 Å². The van der Waals surface area contributed by atoms with E-state index in [-0.39, 0.29) is 5.91 Å². The molecule has 19 heavy (non-hydrogen) atoms. The largest absolute Gasteiger partial charge is 0.456 e. The Balaban J connectivity index is 2.05. The maximum atomic E-state index is 12.4. The molecule has 0 aromatic carbocycles. The van der Waals surface area contributed by atoms with E-state index in [4.69, 9.17) is 4.42 Å². The number of carbonyl (C=O) groups excluding carboxylic acids is 1. The van der Waals surface area contributed by atoms with Crippen LogP contribution in [0.4, 0.5) is 0 Å². The van der Waals surface area contributed by atoms with E-state index in [1.807, 2.05) is 31.9 Å². The fourth-order valence-electron chi connectivity index (χ4n) is 2.84. The summed E-state index contributed by atoms with van der Waals surface area (Å²) in [4.78, 5) is 14.4. The predicted molar refractivity (Wildman–Crippen MR) is 75.4 cm³/mol. The Bertz CT molecular complexity index is 437. The molecule has 1 fully saturated rings. The molecule has 1 saturated heterocycles. The average molecular weight is 264 g/mol. The maximum absolute atomic E-state index is 12.4. The second kappa shape index (κ2) is 6.24. The van der Waals surface area contributed by atoms with Crippen molar-refractivity contribution in [2.24, 2.45) is 5.92 Å². The summed E-state index contributed by atoms with van der Waals surface area (Å²) in [6.45, 7) is 6.70. The molecule has 0 aliphatic carbocycles. The molecule has 1 amide bonds. The summed E-state index contributed by atoms with van der Waals surface area (Å²) in [5.41, 5.74) is 1.08. The van der Waals surface area contributed by atoms with Crippen molar-refractivity contribution in [2.45, 2.75) is 33.1 Å². The number of aryl methyl sites for hydroxylation is 2. The van der Waals surface area contributed by atoms with Crippen LogP contribution in [0.3, 0.4) is 0 Å². The topological polar surface area (TPSA) is 45.5 Å². The summed E-state index contributed by atoms with van der Waals surface area (Å²) in [6, 6.07) is 1.88. The zero-order valence-corrected chi connectivity index (χ0v) is 12.2. The van der Waals surface area contributed by atoms with Crippen molar-refractivity contribution < 1.29 is 9.21 Å². The Labute approximate surface area is 115 Å². The predicted octanol–water partition coefficient (Wildman–Crippen LogP) is 2.22. The normalized spacial score (nSPS) is 19.7. The molecule has 2 rings (SSSR count). The van der Waals surface area contributed by atoms with E-state index >= 15 is 0 Å². The minimum absolute atomic E-state index is 0.0450. The minimum Gasteiger partial charge on any atom is -0.456 e. The van der Waals surface area contributed by atoms with Crippen molar-refractivity contribution in [1.82, 2.24) is 10.2 Å². The highest BCUT2D eigenvalue weighted by Gasteiger charge is 2.26. The van der Waals surface area contributed by atoms with Gasteiger partial charge in [0.25, 0.3) is 5.91 Å². The minimum atomic E-state index is 0.0450. The van der Waals surface area contributed by atoms with Gasteiger partial charge < -0.3 is 14.6 Å². The van der Waals surface area contributed by atoms with Gasteiger partial charge in [0.05, 0.1) is 0 Å². The first-order chi connectivity index (χ1) is 9.15. The Kier molecular flexibility index (Phi) is 4.64. The first-order valence-corrected chi connectivity index (χ1v) is 7.18. The summed E-state index contributed by atoms with van der Waals surface area (Å²) < 4.78 is 5.67. The summed E-state index contributed by atoms with van der Waals surface area (Å²) in [5, 5.41) is 3.20. The van der Waals surface area contributed by atoms with E-state index in [9.17, 15) is 4.79 Å². The number of nitrogens with one attached hydrogen (secondary N) is 1. The SMILES string of the molecule is CCc1oc(C(=O)N2CCC[C@H](CNC)C2)cc1C. The lowest BCUT2D eigenvalue weighted by Crippen LogP contribution is -2.42. The molecule has 4 nitrogen and oxygen atoms in total. The van der Waals surface area contributed by atoms with Gasteiger partial charge in [0.1, 0.15) is 5.76 Å². The number of rotatable bonds is 4. The van der Waals surface area contributed by atoms with Crippen LogP contribution in [0.15, 0.2) is 10.5 Å². The van der Waals surface area contributed by atoms with Crippen LogP contribution >= 0.6 is 0 Å². The van der Waals surface area contributed by atoms with Gasteiger partial charge in [-0.2, -0.15) is 0 Å². The molecule has 4 heteroatoms. The van der Waals surface area contributed by atoms with E-state index in [1.54, 1.807) is 0 Å². The van der Waals surface area contributed by atoms with Crippen molar-refractivity contribution in [3.63, 3.8) is 0 Å². The fourth-order valence-corrected chi connectivity index (χ4v) is 2.84. The van der Waals surface area contributed by atoms with Gasteiger partial charge in [0, 0.05) is 19.5 Å². The monoisotopic (exact) mass is 264 g/mol. The quantitative estimate of drug-likeness (QED) is 0.907. The van der Waals surface area contributed by atoms with Gasteiger partial charge in [-0.3, -0.25) is 4.79 Å². The maximum Gasteiger partial charge on any atom is 0.289 e. The summed E-state index contributed by atoms with van der Waals surface area (Å²) in [7, 11) is 1.96. The highest BCUT2D eigenvalue weighted by molar-refractivity contribution is 5.91. The van der Waals surface area contributed by atoms with Crippen LogP contribution in [0.5, 0.6) is 0 Å². The molecular weight excluding hydrogens is 240 g/mol. The Morgan fingerprint density at radius 1 is 1.58 bits per heavy atom. The van der Waals surface area contributed by atoms with Crippen LogP contribution in [0, 0.1) is 12.8 Å². The van der Waals surface area contributed by atoms with Crippen LogP contribution in [0.2, 0.25) is 0 Å². The highest BCUT2D eigenvalue weighted by Crippen LogP contribution is 2.21. The molecule has 106 valence electrons. The van der Waals surface area contributed by atoms with Crippen molar-refractivity contribution >= 4 is 5.91 Å². The zero-order chi connectivity index (χ0) is 13.8. The number of carbonyl (C=O) groups is 1. The zero-order valence-electron chi connectivity index (χ0n) is 12.2. The van der Waals surface area contributed by atoms with Crippen LogP contribution in [0.25, 0.3) is 0 Å². The van der Waals surface area contributed by atoms with Gasteiger partial charge in [0.2, 0.25) is 0 Å². The lowest BCUT2D eigenvalue weighted by Gasteiger charge is -2.32. The van der Waals surface area contributed by atoms with Crippen molar-refractivity contribution in [3.8, 4) is 0 Å². The third-order valence-corrected chi connectivity index (χ3v) is 3.85. The van der Waals surface area contributed by atoms with Crippen LogP contribution < -0.4 is 5.32 Å². The van der Waals surface area contributed by atoms with Crippen molar-refractivity contribution in [2.75, 3.05) is 26.7 Å². The lowest BCUT2D eigenvalue weighted by atomic mass is 9.98. The number of amides is 1. The lowest BCUT2D eigenvalue weighted by molar-refractivity contribution is 0.0640. The Morgan fingerprint density at radius 3 is 3.00 bits per heavy atom. The van der Waals surface area contributed by atoms with E-state index in [0.717, 1.165) is 43.8 Å². The first-order valence-electron chi connectivity index (χ1n) is 7.18. The molecule has 0 unspecified atom stereocenters. The molecule has 1 aromatic heterocycles. The second-order valence-electron chi connectivity index (χ2n) is 5.39. The molecule has 0 bridgehead atoms. The van der Waals surface area contributed by atoms with Crippen LogP contribution in [-0.2, 0) is 6.42 Å². The third kappa shape index (κ3) is 3.18. The standard InChI is InChI=1S/C15H24N2O2/c1-4-13-11(2)8-14(19-13)15(18)17-7-5-6-12(10-17)9-16-3/h8,12,16H,4-7,9-10H2,1-3H3/t12-/m1/s1. The first kappa shape index (κ1) is 14.1.